The van der Waals surface area contributed by atoms with Crippen LogP contribution in [0.3, 0.4) is 0 Å². The van der Waals surface area contributed by atoms with Crippen LogP contribution in [0.15, 0.2) is 6.07 Å². The number of carbonyl (C=O) groups excluding carboxylic acids is 1. The molecule has 0 aliphatic rings. The highest BCUT2D eigenvalue weighted by Crippen LogP contribution is 2.13. The van der Waals surface area contributed by atoms with E-state index in [1.165, 1.54) is 6.07 Å². The fraction of sp³-hybridized carbons (Fsp3) is 0.375. The SMILES string of the molecule is CC(CC(N)=O)Nc1cc(Cl)nc(N)n1. The van der Waals surface area contributed by atoms with E-state index in [0.717, 1.165) is 0 Å². The van der Waals surface area contributed by atoms with Gasteiger partial charge in [-0.15, -0.1) is 0 Å². The van der Waals surface area contributed by atoms with Gasteiger partial charge >= 0.3 is 0 Å². The van der Waals surface area contributed by atoms with Crippen LogP contribution in [0.4, 0.5) is 11.8 Å². The van der Waals surface area contributed by atoms with Gasteiger partial charge in [-0.2, -0.15) is 4.98 Å². The number of anilines is 2. The van der Waals surface area contributed by atoms with Gasteiger partial charge in [-0.3, -0.25) is 4.79 Å². The van der Waals surface area contributed by atoms with E-state index in [0.29, 0.717) is 5.82 Å². The van der Waals surface area contributed by atoms with Crippen LogP contribution in [0, 0.1) is 0 Å². The summed E-state index contributed by atoms with van der Waals surface area (Å²) in [7, 11) is 0. The van der Waals surface area contributed by atoms with E-state index in [1.807, 2.05) is 0 Å². The number of aromatic nitrogens is 2. The summed E-state index contributed by atoms with van der Waals surface area (Å²) in [5.41, 5.74) is 10.4. The van der Waals surface area contributed by atoms with Gasteiger partial charge in [0.2, 0.25) is 11.9 Å². The molecule has 1 aromatic rings. The number of carbonyl (C=O) groups is 1. The van der Waals surface area contributed by atoms with Crippen molar-refractivity contribution in [3.05, 3.63) is 11.2 Å². The zero-order valence-electron chi connectivity index (χ0n) is 8.20. The first-order chi connectivity index (χ1) is 6.97. The van der Waals surface area contributed by atoms with Crippen molar-refractivity contribution < 1.29 is 4.79 Å². The molecule has 7 heteroatoms. The van der Waals surface area contributed by atoms with Crippen LogP contribution >= 0.6 is 11.6 Å². The minimum atomic E-state index is -0.386. The van der Waals surface area contributed by atoms with Crippen LogP contribution < -0.4 is 16.8 Å². The molecule has 0 radical (unpaired) electrons. The number of primary amides is 1. The molecule has 0 bridgehead atoms. The number of nitrogens with one attached hydrogen (secondary N) is 1. The Morgan fingerprint density at radius 3 is 2.87 bits per heavy atom. The molecule has 1 amide bonds. The lowest BCUT2D eigenvalue weighted by Gasteiger charge is -2.12. The summed E-state index contributed by atoms with van der Waals surface area (Å²) < 4.78 is 0. The molecule has 0 aliphatic carbocycles. The maximum absolute atomic E-state index is 10.6. The Kier molecular flexibility index (Phi) is 3.68. The average molecular weight is 230 g/mol. The highest BCUT2D eigenvalue weighted by atomic mass is 35.5. The molecular weight excluding hydrogens is 218 g/mol. The largest absolute Gasteiger partial charge is 0.370 e. The van der Waals surface area contributed by atoms with Crippen molar-refractivity contribution in [2.45, 2.75) is 19.4 Å². The van der Waals surface area contributed by atoms with Crippen molar-refractivity contribution in [3.63, 3.8) is 0 Å². The van der Waals surface area contributed by atoms with E-state index < -0.39 is 0 Å². The Morgan fingerprint density at radius 1 is 1.67 bits per heavy atom. The van der Waals surface area contributed by atoms with Crippen molar-refractivity contribution >= 4 is 29.3 Å². The summed E-state index contributed by atoms with van der Waals surface area (Å²) in [6, 6.07) is 1.39. The van der Waals surface area contributed by atoms with E-state index in [9.17, 15) is 4.79 Å². The Labute approximate surface area is 92.0 Å². The first-order valence-electron chi connectivity index (χ1n) is 4.32. The zero-order valence-corrected chi connectivity index (χ0v) is 8.95. The maximum Gasteiger partial charge on any atom is 0.223 e. The summed E-state index contributed by atoms with van der Waals surface area (Å²) in [5, 5.41) is 3.19. The van der Waals surface area contributed by atoms with Gasteiger partial charge in [-0.05, 0) is 6.92 Å². The smallest absolute Gasteiger partial charge is 0.223 e. The van der Waals surface area contributed by atoms with E-state index in [4.69, 9.17) is 23.1 Å². The van der Waals surface area contributed by atoms with E-state index in [1.54, 1.807) is 6.92 Å². The quantitative estimate of drug-likeness (QED) is 0.648. The fourth-order valence-corrected chi connectivity index (χ4v) is 1.30. The second-order valence-electron chi connectivity index (χ2n) is 3.15. The van der Waals surface area contributed by atoms with Crippen molar-refractivity contribution in [1.82, 2.24) is 9.97 Å². The van der Waals surface area contributed by atoms with Gasteiger partial charge in [-0.25, -0.2) is 4.98 Å². The molecule has 1 heterocycles. The third-order valence-corrected chi connectivity index (χ3v) is 1.81. The lowest BCUT2D eigenvalue weighted by molar-refractivity contribution is -0.118. The lowest BCUT2D eigenvalue weighted by Crippen LogP contribution is -2.24. The normalized spacial score (nSPS) is 12.1. The Balaban J connectivity index is 2.67. The fourth-order valence-electron chi connectivity index (χ4n) is 1.11. The predicted octanol–water partition coefficient (Wildman–Crippen LogP) is 0.388. The standard InChI is InChI=1S/C8H12ClN5O/c1-4(2-6(10)15)12-7-3-5(9)13-8(11)14-7/h3-4H,2H2,1H3,(H2,10,15)(H3,11,12,13,14). The van der Waals surface area contributed by atoms with E-state index in [-0.39, 0.29) is 29.5 Å². The Bertz CT molecular complexity index is 350. The number of halogens is 1. The number of nitrogens with zero attached hydrogens (tertiary/aromatic N) is 2. The summed E-state index contributed by atoms with van der Waals surface area (Å²) in [6.45, 7) is 1.80. The Hall–Kier alpha value is -1.56. The predicted molar refractivity (Wildman–Crippen MR) is 58.4 cm³/mol. The third-order valence-electron chi connectivity index (χ3n) is 1.61. The zero-order chi connectivity index (χ0) is 11.4. The number of hydrogen-bond donors (Lipinski definition) is 3. The van der Waals surface area contributed by atoms with E-state index >= 15 is 0 Å². The highest BCUT2D eigenvalue weighted by molar-refractivity contribution is 6.29. The number of hydrogen-bond acceptors (Lipinski definition) is 5. The number of amides is 1. The number of nitrogens with two attached hydrogens (primary N) is 2. The molecule has 1 aromatic heterocycles. The van der Waals surface area contributed by atoms with Crippen molar-refractivity contribution in [3.8, 4) is 0 Å². The molecular formula is C8H12ClN5O. The molecule has 0 fully saturated rings. The minimum absolute atomic E-state index is 0.0799. The topological polar surface area (TPSA) is 107 Å². The molecule has 5 N–H and O–H groups in total. The van der Waals surface area contributed by atoms with Gasteiger partial charge < -0.3 is 16.8 Å². The first-order valence-corrected chi connectivity index (χ1v) is 4.70. The van der Waals surface area contributed by atoms with Gasteiger partial charge in [0, 0.05) is 18.5 Å². The molecule has 0 aliphatic heterocycles. The number of rotatable bonds is 4. The lowest BCUT2D eigenvalue weighted by atomic mass is 10.2. The molecule has 0 saturated carbocycles. The summed E-state index contributed by atoms with van der Waals surface area (Å²) in [5.74, 6) is 0.167. The van der Waals surface area contributed by atoms with Crippen LogP contribution in [-0.4, -0.2) is 21.9 Å². The maximum atomic E-state index is 10.6. The van der Waals surface area contributed by atoms with Crippen LogP contribution in [0.25, 0.3) is 0 Å². The summed E-state index contributed by atoms with van der Waals surface area (Å²) in [6.07, 6.45) is 0.210. The molecule has 0 spiro atoms. The molecule has 1 unspecified atom stereocenters. The first kappa shape index (κ1) is 11.5. The molecule has 0 saturated heterocycles. The molecule has 1 atom stereocenters. The number of nitrogen functional groups attached to an aromatic ring is 1. The van der Waals surface area contributed by atoms with E-state index in [2.05, 4.69) is 15.3 Å². The van der Waals surface area contributed by atoms with Crippen LogP contribution in [-0.2, 0) is 4.79 Å². The van der Waals surface area contributed by atoms with Crippen molar-refractivity contribution in [1.29, 1.82) is 0 Å². The highest BCUT2D eigenvalue weighted by Gasteiger charge is 2.07. The second kappa shape index (κ2) is 4.79. The third kappa shape index (κ3) is 3.99. The van der Waals surface area contributed by atoms with Gasteiger partial charge in [0.25, 0.3) is 0 Å². The molecule has 0 aromatic carbocycles. The second-order valence-corrected chi connectivity index (χ2v) is 3.54. The van der Waals surface area contributed by atoms with Crippen molar-refractivity contribution in [2.75, 3.05) is 11.1 Å². The van der Waals surface area contributed by atoms with Gasteiger partial charge in [-0.1, -0.05) is 11.6 Å². The Morgan fingerprint density at radius 2 is 2.33 bits per heavy atom. The van der Waals surface area contributed by atoms with Crippen LogP contribution in [0.5, 0.6) is 0 Å². The molecule has 6 nitrogen and oxygen atoms in total. The molecule has 82 valence electrons. The molecule has 15 heavy (non-hydrogen) atoms. The van der Waals surface area contributed by atoms with Gasteiger partial charge in [0.05, 0.1) is 0 Å². The van der Waals surface area contributed by atoms with Gasteiger partial charge in [0.1, 0.15) is 11.0 Å². The summed E-state index contributed by atoms with van der Waals surface area (Å²) in [4.78, 5) is 18.2. The van der Waals surface area contributed by atoms with Crippen LogP contribution in [0.2, 0.25) is 5.15 Å². The van der Waals surface area contributed by atoms with Gasteiger partial charge in [0.15, 0.2) is 0 Å². The summed E-state index contributed by atoms with van der Waals surface area (Å²) >= 11 is 5.68. The molecule has 1 rings (SSSR count). The monoisotopic (exact) mass is 229 g/mol. The van der Waals surface area contributed by atoms with Crippen LogP contribution in [0.1, 0.15) is 13.3 Å². The average Bonchev–Trinajstić information content (AvgIpc) is 1.98. The van der Waals surface area contributed by atoms with Crippen molar-refractivity contribution in [2.24, 2.45) is 5.73 Å². The minimum Gasteiger partial charge on any atom is -0.370 e.